The molecule has 2 aliphatic heterocycles. The molecule has 4 heterocycles. The zero-order chi connectivity index (χ0) is 27.8. The highest BCUT2D eigenvalue weighted by Crippen LogP contribution is 2.32. The molecule has 39 heavy (non-hydrogen) atoms. The summed E-state index contributed by atoms with van der Waals surface area (Å²) in [5.41, 5.74) is 3.61. The molecule has 2 aliphatic rings. The van der Waals surface area contributed by atoms with Crippen molar-refractivity contribution in [2.24, 2.45) is 7.05 Å². The molecule has 206 valence electrons. The first-order valence-electron chi connectivity index (χ1n) is 13.9. The number of morpholine rings is 1. The first-order valence-corrected chi connectivity index (χ1v) is 13.9. The molecule has 3 aromatic rings. The minimum Gasteiger partial charge on any atom is -0.373 e. The van der Waals surface area contributed by atoms with Gasteiger partial charge in [0.1, 0.15) is 0 Å². The molecule has 9 heteroatoms. The lowest BCUT2D eigenvalue weighted by Gasteiger charge is -2.47. The van der Waals surface area contributed by atoms with Gasteiger partial charge in [0.2, 0.25) is 5.52 Å². The van der Waals surface area contributed by atoms with Crippen molar-refractivity contribution in [3.8, 4) is 0 Å². The Hall–Kier alpha value is -3.32. The van der Waals surface area contributed by atoms with Gasteiger partial charge in [0.05, 0.1) is 17.7 Å². The first-order chi connectivity index (χ1) is 18.6. The molecule has 9 nitrogen and oxygen atoms in total. The molecule has 0 saturated carbocycles. The number of anilines is 1. The van der Waals surface area contributed by atoms with Crippen LogP contribution in [0.4, 0.5) is 11.6 Å². The standard InChI is InChI=1S/C30H39N7O2/c1-19-15-37(29-28-26(34(7)30(38)33-29)12-13-27(31-6)32-28)20(2)14-36(19)23(5)25-10-8-24(9-11-25)18-35-16-21(3)39-22(4)17-35/h8-13,19-23H,14-18H2,1-5,7H3/t19-,20+,21-,22+,23?/m1/s1. The van der Waals surface area contributed by atoms with Gasteiger partial charge in [-0.1, -0.05) is 30.8 Å². The van der Waals surface area contributed by atoms with E-state index >= 15 is 0 Å². The number of hydrogen-bond acceptors (Lipinski definition) is 7. The van der Waals surface area contributed by atoms with Crippen molar-refractivity contribution in [3.05, 3.63) is 69.4 Å². The van der Waals surface area contributed by atoms with Crippen LogP contribution in [0.3, 0.4) is 0 Å². The van der Waals surface area contributed by atoms with E-state index in [0.29, 0.717) is 22.7 Å². The molecule has 0 N–H and O–H groups in total. The van der Waals surface area contributed by atoms with Crippen molar-refractivity contribution < 1.29 is 4.74 Å². The molecular weight excluding hydrogens is 490 g/mol. The van der Waals surface area contributed by atoms with Gasteiger partial charge in [0.25, 0.3) is 5.82 Å². The highest BCUT2D eigenvalue weighted by atomic mass is 16.5. The normalized spacial score (nSPS) is 25.5. The Bertz CT molecular complexity index is 1420. The second kappa shape index (κ2) is 11.0. The lowest BCUT2D eigenvalue weighted by atomic mass is 9.99. The van der Waals surface area contributed by atoms with Crippen LogP contribution < -0.4 is 10.6 Å². The topological polar surface area (TPSA) is 71.1 Å². The van der Waals surface area contributed by atoms with E-state index in [1.807, 2.05) is 0 Å². The number of rotatable bonds is 5. The van der Waals surface area contributed by atoms with E-state index < -0.39 is 0 Å². The summed E-state index contributed by atoms with van der Waals surface area (Å²) in [5, 5.41) is 0. The molecule has 2 aromatic heterocycles. The second-order valence-corrected chi connectivity index (χ2v) is 11.3. The number of hydrogen-bond donors (Lipinski definition) is 0. The lowest BCUT2D eigenvalue weighted by molar-refractivity contribution is -0.0704. The van der Waals surface area contributed by atoms with Gasteiger partial charge >= 0.3 is 5.69 Å². The molecule has 1 unspecified atom stereocenters. The van der Waals surface area contributed by atoms with E-state index in [0.717, 1.165) is 32.7 Å². The zero-order valence-corrected chi connectivity index (χ0v) is 23.8. The van der Waals surface area contributed by atoms with Crippen LogP contribution in [0.5, 0.6) is 0 Å². The third-order valence-electron chi connectivity index (χ3n) is 8.20. The first kappa shape index (κ1) is 27.3. The van der Waals surface area contributed by atoms with Crippen LogP contribution in [0.15, 0.2) is 41.2 Å². The maximum atomic E-state index is 12.7. The third kappa shape index (κ3) is 5.55. The fourth-order valence-electron chi connectivity index (χ4n) is 6.21. The smallest absolute Gasteiger partial charge is 0.350 e. The summed E-state index contributed by atoms with van der Waals surface area (Å²) in [5.74, 6) is 0.875. The second-order valence-electron chi connectivity index (χ2n) is 11.3. The van der Waals surface area contributed by atoms with Gasteiger partial charge in [-0.05, 0) is 57.9 Å². The molecule has 0 aliphatic carbocycles. The minimum absolute atomic E-state index is 0.120. The van der Waals surface area contributed by atoms with Crippen LogP contribution in [-0.2, 0) is 18.3 Å². The van der Waals surface area contributed by atoms with E-state index in [9.17, 15) is 4.79 Å². The van der Waals surface area contributed by atoms with Crippen LogP contribution in [0.1, 0.15) is 51.8 Å². The predicted octanol–water partition coefficient (Wildman–Crippen LogP) is 4.15. The van der Waals surface area contributed by atoms with E-state index in [1.165, 1.54) is 15.7 Å². The van der Waals surface area contributed by atoms with Gasteiger partial charge in [0, 0.05) is 57.9 Å². The van der Waals surface area contributed by atoms with Gasteiger partial charge < -0.3 is 14.5 Å². The zero-order valence-electron chi connectivity index (χ0n) is 23.8. The van der Waals surface area contributed by atoms with Crippen LogP contribution in [0.2, 0.25) is 0 Å². The molecular formula is C30H39N7O2. The third-order valence-corrected chi connectivity index (χ3v) is 8.20. The quantitative estimate of drug-likeness (QED) is 0.460. The Morgan fingerprint density at radius 1 is 0.974 bits per heavy atom. The number of benzene rings is 1. The largest absolute Gasteiger partial charge is 0.373 e. The Labute approximate surface area is 230 Å². The maximum absolute atomic E-state index is 12.7. The van der Waals surface area contributed by atoms with Gasteiger partial charge in [-0.25, -0.2) is 4.79 Å². The molecule has 0 spiro atoms. The van der Waals surface area contributed by atoms with Crippen LogP contribution in [0, 0.1) is 6.57 Å². The molecule has 0 radical (unpaired) electrons. The SMILES string of the molecule is [C-]#[N+]c1ccc2c(n1)c(N1C[C@@H](C)N(C(C)c3ccc(CN4C[C@@H](C)O[C@@H](C)C4)cc3)C[C@@H]1C)nc(=O)n2C. The van der Waals surface area contributed by atoms with E-state index in [4.69, 9.17) is 11.3 Å². The highest BCUT2D eigenvalue weighted by molar-refractivity contribution is 5.87. The summed E-state index contributed by atoms with van der Waals surface area (Å²) in [7, 11) is 1.69. The number of aryl methyl sites for hydroxylation is 1. The number of ether oxygens (including phenoxy) is 1. The summed E-state index contributed by atoms with van der Waals surface area (Å²) < 4.78 is 7.38. The number of pyridine rings is 1. The van der Waals surface area contributed by atoms with Crippen LogP contribution in [0.25, 0.3) is 15.9 Å². The lowest BCUT2D eigenvalue weighted by Crippen LogP contribution is -2.57. The Kier molecular flexibility index (Phi) is 7.72. The summed E-state index contributed by atoms with van der Waals surface area (Å²) in [6.07, 6.45) is 0.542. The molecule has 2 fully saturated rings. The fraction of sp³-hybridized carbons (Fsp3) is 0.533. The summed E-state index contributed by atoms with van der Waals surface area (Å²) in [4.78, 5) is 32.4. The Morgan fingerprint density at radius 2 is 1.67 bits per heavy atom. The summed E-state index contributed by atoms with van der Waals surface area (Å²) in [6, 6.07) is 13.1. The molecule has 5 atom stereocenters. The van der Waals surface area contributed by atoms with E-state index in [2.05, 4.69) is 88.4 Å². The Morgan fingerprint density at radius 3 is 2.33 bits per heavy atom. The van der Waals surface area contributed by atoms with Crippen molar-refractivity contribution in [3.63, 3.8) is 0 Å². The van der Waals surface area contributed by atoms with E-state index in [1.54, 1.807) is 19.2 Å². The maximum Gasteiger partial charge on any atom is 0.350 e. The van der Waals surface area contributed by atoms with Crippen molar-refractivity contribution in [1.82, 2.24) is 24.3 Å². The number of aromatic nitrogens is 3. The average Bonchev–Trinajstić information content (AvgIpc) is 2.91. The van der Waals surface area contributed by atoms with E-state index in [-0.39, 0.29) is 36.0 Å². The molecule has 2 saturated heterocycles. The summed E-state index contributed by atoms with van der Waals surface area (Å²) in [6.45, 7) is 22.8. The fourth-order valence-corrected chi connectivity index (χ4v) is 6.21. The number of fused-ring (bicyclic) bond motifs is 1. The molecule has 0 bridgehead atoms. The molecule has 1 aromatic carbocycles. The number of nitrogens with zero attached hydrogens (tertiary/aromatic N) is 7. The Balaban J connectivity index is 1.32. The van der Waals surface area contributed by atoms with Gasteiger partial charge in [-0.2, -0.15) is 4.98 Å². The van der Waals surface area contributed by atoms with Crippen molar-refractivity contribution in [1.29, 1.82) is 0 Å². The average molecular weight is 530 g/mol. The number of piperazine rings is 1. The highest BCUT2D eigenvalue weighted by Gasteiger charge is 2.35. The monoisotopic (exact) mass is 529 g/mol. The van der Waals surface area contributed by atoms with Gasteiger partial charge in [-0.3, -0.25) is 14.4 Å². The van der Waals surface area contributed by atoms with Crippen LogP contribution >= 0.6 is 0 Å². The van der Waals surface area contributed by atoms with Crippen molar-refractivity contribution in [2.45, 2.75) is 71.5 Å². The van der Waals surface area contributed by atoms with Gasteiger partial charge in [-0.15, -0.1) is 4.98 Å². The summed E-state index contributed by atoms with van der Waals surface area (Å²) >= 11 is 0. The van der Waals surface area contributed by atoms with Gasteiger partial charge in [0.15, 0.2) is 5.82 Å². The molecule has 0 amide bonds. The van der Waals surface area contributed by atoms with Crippen LogP contribution in [-0.4, -0.2) is 74.8 Å². The predicted molar refractivity (Wildman–Crippen MR) is 154 cm³/mol. The minimum atomic E-state index is -0.313. The molecule has 5 rings (SSSR count). The van der Waals surface area contributed by atoms with Crippen molar-refractivity contribution in [2.75, 3.05) is 31.1 Å². The van der Waals surface area contributed by atoms with Crippen molar-refractivity contribution >= 4 is 22.7 Å².